The highest BCUT2D eigenvalue weighted by Crippen LogP contribution is 2.35. The number of rotatable bonds is 5. The van der Waals surface area contributed by atoms with E-state index in [0.717, 1.165) is 21.6 Å². The summed E-state index contributed by atoms with van der Waals surface area (Å²) >= 11 is 1.41. The van der Waals surface area contributed by atoms with E-state index < -0.39 is 0 Å². The lowest BCUT2D eigenvalue weighted by atomic mass is 10.1. The molecule has 0 N–H and O–H groups in total. The predicted octanol–water partition coefficient (Wildman–Crippen LogP) is 4.68. The molecule has 5 nitrogen and oxygen atoms in total. The minimum Gasteiger partial charge on any atom is -0.487 e. The summed E-state index contributed by atoms with van der Waals surface area (Å²) in [5.74, 6) is 0.528. The SMILES string of the molecule is Cc1ccccc1COc1cc(-n2cnc3ccccc32)sc1C(=O)N(C)C. The van der Waals surface area contributed by atoms with Crippen LogP contribution >= 0.6 is 11.3 Å². The van der Waals surface area contributed by atoms with E-state index >= 15 is 0 Å². The maximum Gasteiger partial charge on any atom is 0.267 e. The zero-order valence-corrected chi connectivity index (χ0v) is 16.9. The molecule has 4 aromatic rings. The third-order valence-electron chi connectivity index (χ3n) is 4.62. The highest BCUT2D eigenvalue weighted by Gasteiger charge is 2.21. The summed E-state index contributed by atoms with van der Waals surface area (Å²) in [5.41, 5.74) is 4.18. The molecule has 2 aromatic carbocycles. The lowest BCUT2D eigenvalue weighted by molar-refractivity contribution is 0.0828. The molecule has 0 radical (unpaired) electrons. The van der Waals surface area contributed by atoms with Crippen molar-refractivity contribution in [3.05, 3.63) is 76.9 Å². The van der Waals surface area contributed by atoms with Crippen molar-refractivity contribution in [3.8, 4) is 10.8 Å². The lowest BCUT2D eigenvalue weighted by Crippen LogP contribution is -2.21. The van der Waals surface area contributed by atoms with Gasteiger partial charge in [0, 0.05) is 20.2 Å². The van der Waals surface area contributed by atoms with Crippen LogP contribution in [0.25, 0.3) is 16.0 Å². The Morgan fingerprint density at radius 2 is 1.89 bits per heavy atom. The number of benzene rings is 2. The Morgan fingerprint density at radius 3 is 2.68 bits per heavy atom. The van der Waals surface area contributed by atoms with Crippen LogP contribution in [0.5, 0.6) is 5.75 Å². The average molecular weight is 391 g/mol. The van der Waals surface area contributed by atoms with Gasteiger partial charge in [-0.15, -0.1) is 11.3 Å². The number of hydrogen-bond donors (Lipinski definition) is 0. The molecule has 6 heteroatoms. The zero-order valence-electron chi connectivity index (χ0n) is 16.0. The molecule has 0 bridgehead atoms. The molecule has 0 aliphatic rings. The third kappa shape index (κ3) is 3.39. The van der Waals surface area contributed by atoms with Gasteiger partial charge in [0.2, 0.25) is 0 Å². The molecule has 0 aliphatic carbocycles. The largest absolute Gasteiger partial charge is 0.487 e. The van der Waals surface area contributed by atoms with E-state index in [1.165, 1.54) is 16.9 Å². The Kier molecular flexibility index (Phi) is 4.88. The van der Waals surface area contributed by atoms with Crippen LogP contribution in [0, 0.1) is 6.92 Å². The standard InChI is InChI=1S/C22H21N3O2S/c1-15-8-4-5-9-16(15)13-27-19-12-20(28-21(19)22(26)24(2)3)25-14-23-17-10-6-7-11-18(17)25/h4-12,14H,13H2,1-3H3. The second-order valence-corrected chi connectivity index (χ2v) is 7.83. The van der Waals surface area contributed by atoms with Crippen molar-refractivity contribution < 1.29 is 9.53 Å². The van der Waals surface area contributed by atoms with Gasteiger partial charge in [0.25, 0.3) is 5.91 Å². The van der Waals surface area contributed by atoms with Crippen LogP contribution in [0.3, 0.4) is 0 Å². The first-order chi connectivity index (χ1) is 13.5. The van der Waals surface area contributed by atoms with Crippen molar-refractivity contribution in [2.45, 2.75) is 13.5 Å². The first kappa shape index (κ1) is 18.3. The fraction of sp³-hybridized carbons (Fsp3) is 0.182. The summed E-state index contributed by atoms with van der Waals surface area (Å²) in [6.45, 7) is 2.47. The zero-order chi connectivity index (χ0) is 19.7. The van der Waals surface area contributed by atoms with Gasteiger partial charge in [-0.2, -0.15) is 0 Å². The number of carbonyl (C=O) groups excluding carboxylic acids is 1. The minimum absolute atomic E-state index is 0.0690. The summed E-state index contributed by atoms with van der Waals surface area (Å²) < 4.78 is 8.09. The molecule has 0 fully saturated rings. The molecule has 0 unspecified atom stereocenters. The van der Waals surface area contributed by atoms with Crippen molar-refractivity contribution in [2.24, 2.45) is 0 Å². The van der Waals surface area contributed by atoms with Gasteiger partial charge in [-0.05, 0) is 30.2 Å². The fourth-order valence-electron chi connectivity index (χ4n) is 3.00. The van der Waals surface area contributed by atoms with E-state index in [4.69, 9.17) is 4.74 Å². The van der Waals surface area contributed by atoms with Crippen molar-refractivity contribution in [1.82, 2.24) is 14.5 Å². The van der Waals surface area contributed by atoms with E-state index in [9.17, 15) is 4.79 Å². The quantitative estimate of drug-likeness (QED) is 0.496. The van der Waals surface area contributed by atoms with Crippen LogP contribution in [0.15, 0.2) is 60.9 Å². The molecule has 4 rings (SSSR count). The molecule has 28 heavy (non-hydrogen) atoms. The Labute approximate surface area is 167 Å². The second-order valence-electron chi connectivity index (χ2n) is 6.80. The number of aromatic nitrogens is 2. The molecule has 2 heterocycles. The first-order valence-corrected chi connectivity index (χ1v) is 9.81. The third-order valence-corrected chi connectivity index (χ3v) is 5.72. The van der Waals surface area contributed by atoms with Crippen LogP contribution in [0.4, 0.5) is 0 Å². The maximum atomic E-state index is 12.7. The van der Waals surface area contributed by atoms with Crippen LogP contribution < -0.4 is 4.74 Å². The van der Waals surface area contributed by atoms with Crippen molar-refractivity contribution in [3.63, 3.8) is 0 Å². The Bertz CT molecular complexity index is 1140. The van der Waals surface area contributed by atoms with Crippen LogP contribution in [0.1, 0.15) is 20.8 Å². The van der Waals surface area contributed by atoms with Gasteiger partial charge < -0.3 is 9.64 Å². The molecule has 142 valence electrons. The van der Waals surface area contributed by atoms with Crippen molar-refractivity contribution >= 4 is 28.3 Å². The average Bonchev–Trinajstić information content (AvgIpc) is 3.30. The van der Waals surface area contributed by atoms with E-state index in [1.807, 2.05) is 53.1 Å². The van der Waals surface area contributed by atoms with E-state index in [-0.39, 0.29) is 5.91 Å². The number of ether oxygens (including phenoxy) is 1. The van der Waals surface area contributed by atoms with Gasteiger partial charge in [0.05, 0.1) is 11.0 Å². The molecule has 0 atom stereocenters. The summed E-state index contributed by atoms with van der Waals surface area (Å²) in [6.07, 6.45) is 1.78. The highest BCUT2D eigenvalue weighted by molar-refractivity contribution is 7.16. The van der Waals surface area contributed by atoms with E-state index in [0.29, 0.717) is 17.2 Å². The smallest absolute Gasteiger partial charge is 0.267 e. The number of amides is 1. The van der Waals surface area contributed by atoms with Crippen molar-refractivity contribution in [1.29, 1.82) is 0 Å². The summed E-state index contributed by atoms with van der Waals surface area (Å²) in [5, 5.41) is 0.902. The molecule has 1 amide bonds. The number of fused-ring (bicyclic) bond motifs is 1. The Hall–Kier alpha value is -3.12. The molecular formula is C22H21N3O2S. The molecule has 0 aliphatic heterocycles. The highest BCUT2D eigenvalue weighted by atomic mass is 32.1. The van der Waals surface area contributed by atoms with E-state index in [1.54, 1.807) is 25.3 Å². The number of imidazole rings is 1. The lowest BCUT2D eigenvalue weighted by Gasteiger charge is -2.12. The molecule has 0 saturated heterocycles. The summed E-state index contributed by atoms with van der Waals surface area (Å²) in [6, 6.07) is 18.0. The first-order valence-electron chi connectivity index (χ1n) is 9.00. The monoisotopic (exact) mass is 391 g/mol. The molecule has 0 spiro atoms. The number of para-hydroxylation sites is 2. The summed E-state index contributed by atoms with van der Waals surface area (Å²) in [7, 11) is 3.50. The Morgan fingerprint density at radius 1 is 1.14 bits per heavy atom. The molecule has 0 saturated carbocycles. The van der Waals surface area contributed by atoms with Gasteiger partial charge in [-0.25, -0.2) is 4.98 Å². The van der Waals surface area contributed by atoms with Gasteiger partial charge in [-0.3, -0.25) is 9.36 Å². The number of nitrogens with zero attached hydrogens (tertiary/aromatic N) is 3. The topological polar surface area (TPSA) is 47.4 Å². The Balaban J connectivity index is 1.72. The number of hydrogen-bond acceptors (Lipinski definition) is 4. The van der Waals surface area contributed by atoms with Gasteiger partial charge in [0.1, 0.15) is 28.6 Å². The van der Waals surface area contributed by atoms with Crippen LogP contribution in [-0.2, 0) is 6.61 Å². The molecular weight excluding hydrogens is 370 g/mol. The number of carbonyl (C=O) groups is 1. The minimum atomic E-state index is -0.0690. The van der Waals surface area contributed by atoms with Crippen LogP contribution in [0.2, 0.25) is 0 Å². The summed E-state index contributed by atoms with van der Waals surface area (Å²) in [4.78, 5) is 19.3. The van der Waals surface area contributed by atoms with Gasteiger partial charge in [0.15, 0.2) is 0 Å². The predicted molar refractivity (Wildman–Crippen MR) is 112 cm³/mol. The van der Waals surface area contributed by atoms with Gasteiger partial charge in [-0.1, -0.05) is 36.4 Å². The van der Waals surface area contributed by atoms with Crippen LogP contribution in [-0.4, -0.2) is 34.5 Å². The fourth-order valence-corrected chi connectivity index (χ4v) is 4.11. The van der Waals surface area contributed by atoms with Gasteiger partial charge >= 0.3 is 0 Å². The second kappa shape index (κ2) is 7.48. The van der Waals surface area contributed by atoms with Crippen molar-refractivity contribution in [2.75, 3.05) is 14.1 Å². The number of aryl methyl sites for hydroxylation is 1. The maximum absolute atomic E-state index is 12.7. The number of thiophene rings is 1. The normalized spacial score (nSPS) is 11.0. The van der Waals surface area contributed by atoms with E-state index in [2.05, 4.69) is 18.0 Å². The molecule has 2 aromatic heterocycles.